The lowest BCUT2D eigenvalue weighted by atomic mass is 9.75. The molecule has 0 bridgehead atoms. The number of para-hydroxylation sites is 1. The van der Waals surface area contributed by atoms with E-state index in [-0.39, 0.29) is 31.6 Å². The van der Waals surface area contributed by atoms with Gasteiger partial charge in [-0.25, -0.2) is 0 Å². The molecule has 0 saturated heterocycles. The molecule has 6 nitrogen and oxygen atoms in total. The molecule has 7 heteroatoms. The predicted octanol–water partition coefficient (Wildman–Crippen LogP) is 4.37. The van der Waals surface area contributed by atoms with Crippen LogP contribution in [0.4, 0.5) is 0 Å². The van der Waals surface area contributed by atoms with Crippen molar-refractivity contribution in [1.29, 1.82) is 0 Å². The van der Waals surface area contributed by atoms with E-state index in [1.54, 1.807) is 32.9 Å². The third kappa shape index (κ3) is 5.13. The molecule has 1 aromatic carbocycles. The quantitative estimate of drug-likeness (QED) is 0.398. The summed E-state index contributed by atoms with van der Waals surface area (Å²) in [5.74, 6) is -1.32. The Kier molecular flexibility index (Phi) is 8.09. The lowest BCUT2D eigenvalue weighted by Crippen LogP contribution is -2.43. The molecular formula is C20H33O6P. The predicted molar refractivity (Wildman–Crippen MR) is 106 cm³/mol. The Morgan fingerprint density at radius 3 is 2.15 bits per heavy atom. The van der Waals surface area contributed by atoms with Gasteiger partial charge < -0.3 is 19.6 Å². The molecule has 0 aliphatic carbocycles. The third-order valence-corrected chi connectivity index (χ3v) is 7.82. The summed E-state index contributed by atoms with van der Waals surface area (Å²) in [4.78, 5) is 32.8. The molecule has 0 saturated carbocycles. The van der Waals surface area contributed by atoms with Gasteiger partial charge >= 0.3 is 13.6 Å². The van der Waals surface area contributed by atoms with E-state index in [9.17, 15) is 24.3 Å². The normalized spacial score (nSPS) is 14.0. The van der Waals surface area contributed by atoms with E-state index in [0.717, 1.165) is 5.56 Å². The maximum Gasteiger partial charge on any atom is 0.332 e. The Labute approximate surface area is 162 Å². The Morgan fingerprint density at radius 1 is 1.15 bits per heavy atom. The number of aromatic hydroxyl groups is 1. The third-order valence-electron chi connectivity index (χ3n) is 5.72. The number of carbonyl (C=O) groups is 1. The molecule has 0 radical (unpaired) electrons. The van der Waals surface area contributed by atoms with Crippen molar-refractivity contribution in [2.75, 3.05) is 6.61 Å². The van der Waals surface area contributed by atoms with Crippen LogP contribution in [0, 0.1) is 5.92 Å². The number of ether oxygens (including phenoxy) is 1. The summed E-state index contributed by atoms with van der Waals surface area (Å²) in [6.07, 6.45) is 1.07. The van der Waals surface area contributed by atoms with E-state index in [1.165, 1.54) is 0 Å². The standard InChI is InChI=1S/C20H33O6P/c1-6-20(7-2,27(23,24)25)16(18(22)26-8-3)13-14-19(4,5)15-11-9-10-12-17(15)21/h9-12,16,21H,6-8,13-14H2,1-5H3,(H2,23,24,25). The average molecular weight is 400 g/mol. The van der Waals surface area contributed by atoms with E-state index in [1.807, 2.05) is 26.0 Å². The van der Waals surface area contributed by atoms with Gasteiger partial charge in [-0.05, 0) is 49.7 Å². The maximum atomic E-state index is 12.7. The van der Waals surface area contributed by atoms with Crippen LogP contribution >= 0.6 is 7.60 Å². The molecule has 1 rings (SSSR count). The molecule has 0 aliphatic rings. The molecule has 27 heavy (non-hydrogen) atoms. The SMILES string of the molecule is CCOC(=O)C(CCC(C)(C)c1ccccc1O)C(CC)(CC)P(=O)(O)O. The van der Waals surface area contributed by atoms with Crippen LogP contribution in [-0.4, -0.2) is 32.6 Å². The maximum absolute atomic E-state index is 12.7. The van der Waals surface area contributed by atoms with E-state index in [4.69, 9.17) is 4.74 Å². The van der Waals surface area contributed by atoms with Crippen LogP contribution in [0.15, 0.2) is 24.3 Å². The average Bonchev–Trinajstić information content (AvgIpc) is 2.58. The minimum absolute atomic E-state index is 0.156. The summed E-state index contributed by atoms with van der Waals surface area (Å²) in [6.45, 7) is 9.12. The lowest BCUT2D eigenvalue weighted by Gasteiger charge is -2.39. The first kappa shape index (κ1) is 23.7. The topological polar surface area (TPSA) is 104 Å². The fourth-order valence-electron chi connectivity index (χ4n) is 3.89. The van der Waals surface area contributed by atoms with Gasteiger partial charge in [0.25, 0.3) is 0 Å². The number of hydrogen-bond acceptors (Lipinski definition) is 4. The largest absolute Gasteiger partial charge is 0.508 e. The molecule has 0 aromatic heterocycles. The van der Waals surface area contributed by atoms with Gasteiger partial charge in [-0.15, -0.1) is 0 Å². The van der Waals surface area contributed by atoms with Gasteiger partial charge in [0, 0.05) is 0 Å². The van der Waals surface area contributed by atoms with Crippen molar-refractivity contribution in [3.8, 4) is 5.75 Å². The first-order valence-corrected chi connectivity index (χ1v) is 11.1. The van der Waals surface area contributed by atoms with Gasteiger partial charge in [0.2, 0.25) is 0 Å². The minimum atomic E-state index is -4.55. The Balaban J connectivity index is 3.25. The highest BCUT2D eigenvalue weighted by molar-refractivity contribution is 7.53. The lowest BCUT2D eigenvalue weighted by molar-refractivity contribution is -0.150. The number of esters is 1. The van der Waals surface area contributed by atoms with Gasteiger partial charge in [-0.2, -0.15) is 0 Å². The van der Waals surface area contributed by atoms with Crippen molar-refractivity contribution in [3.05, 3.63) is 29.8 Å². The van der Waals surface area contributed by atoms with E-state index in [2.05, 4.69) is 0 Å². The Bertz CT molecular complexity index is 675. The summed E-state index contributed by atoms with van der Waals surface area (Å²) in [5, 5.41) is 8.72. The van der Waals surface area contributed by atoms with Gasteiger partial charge in [0.15, 0.2) is 0 Å². The molecule has 0 amide bonds. The summed E-state index contributed by atoms with van der Waals surface area (Å²) < 4.78 is 17.5. The first-order chi connectivity index (χ1) is 12.5. The highest BCUT2D eigenvalue weighted by atomic mass is 31.2. The Hall–Kier alpha value is -1.36. The zero-order valence-corrected chi connectivity index (χ0v) is 17.8. The Morgan fingerprint density at radius 2 is 1.70 bits per heavy atom. The van der Waals surface area contributed by atoms with Gasteiger partial charge in [-0.3, -0.25) is 9.36 Å². The number of hydrogen-bond donors (Lipinski definition) is 3. The molecule has 0 heterocycles. The van der Waals surface area contributed by atoms with Crippen LogP contribution in [0.2, 0.25) is 0 Å². The number of phenolic OH excluding ortho intramolecular Hbond substituents is 1. The molecule has 1 aromatic rings. The van der Waals surface area contributed by atoms with E-state index < -0.39 is 30.1 Å². The van der Waals surface area contributed by atoms with Crippen molar-refractivity contribution >= 4 is 13.6 Å². The number of phenols is 1. The molecule has 1 atom stereocenters. The highest BCUT2D eigenvalue weighted by Crippen LogP contribution is 2.60. The monoisotopic (exact) mass is 400 g/mol. The van der Waals surface area contributed by atoms with Crippen molar-refractivity contribution < 1.29 is 29.0 Å². The number of benzene rings is 1. The molecule has 3 N–H and O–H groups in total. The fraction of sp³-hybridized carbons (Fsp3) is 0.650. The zero-order chi connectivity index (χ0) is 20.9. The van der Waals surface area contributed by atoms with Gasteiger partial charge in [0.05, 0.1) is 17.7 Å². The molecule has 0 fully saturated rings. The summed E-state index contributed by atoms with van der Waals surface area (Å²) in [6, 6.07) is 7.00. The fourth-order valence-corrected chi connectivity index (χ4v) is 5.36. The second kappa shape index (κ2) is 9.22. The van der Waals surface area contributed by atoms with Crippen molar-refractivity contribution in [1.82, 2.24) is 0 Å². The highest BCUT2D eigenvalue weighted by Gasteiger charge is 2.53. The molecule has 1 unspecified atom stereocenters. The molecule has 0 spiro atoms. The summed E-state index contributed by atoms with van der Waals surface area (Å²) in [7, 11) is -4.55. The van der Waals surface area contributed by atoms with E-state index in [0.29, 0.717) is 6.42 Å². The van der Waals surface area contributed by atoms with Crippen LogP contribution in [0.3, 0.4) is 0 Å². The van der Waals surface area contributed by atoms with Crippen molar-refractivity contribution in [2.24, 2.45) is 5.92 Å². The van der Waals surface area contributed by atoms with Crippen LogP contribution in [0.25, 0.3) is 0 Å². The number of carbonyl (C=O) groups excluding carboxylic acids is 1. The first-order valence-electron chi connectivity index (χ1n) is 9.47. The van der Waals surface area contributed by atoms with Crippen LogP contribution in [0.5, 0.6) is 5.75 Å². The summed E-state index contributed by atoms with van der Waals surface area (Å²) in [5.41, 5.74) is 0.264. The summed E-state index contributed by atoms with van der Waals surface area (Å²) >= 11 is 0. The van der Waals surface area contributed by atoms with Crippen LogP contribution in [0.1, 0.15) is 65.9 Å². The molecule has 0 aliphatic heterocycles. The van der Waals surface area contributed by atoms with Crippen LogP contribution in [-0.2, 0) is 19.5 Å². The minimum Gasteiger partial charge on any atom is -0.508 e. The van der Waals surface area contributed by atoms with Crippen molar-refractivity contribution in [2.45, 2.75) is 70.9 Å². The second-order valence-corrected chi connectivity index (χ2v) is 9.58. The van der Waals surface area contributed by atoms with Crippen LogP contribution < -0.4 is 0 Å². The molecule has 154 valence electrons. The van der Waals surface area contributed by atoms with Gasteiger partial charge in [-0.1, -0.05) is 45.9 Å². The van der Waals surface area contributed by atoms with E-state index >= 15 is 0 Å². The zero-order valence-electron chi connectivity index (χ0n) is 16.9. The second-order valence-electron chi connectivity index (χ2n) is 7.60. The molecular weight excluding hydrogens is 367 g/mol. The van der Waals surface area contributed by atoms with Gasteiger partial charge in [0.1, 0.15) is 5.75 Å². The van der Waals surface area contributed by atoms with Crippen molar-refractivity contribution in [3.63, 3.8) is 0 Å². The smallest absolute Gasteiger partial charge is 0.332 e. The number of rotatable bonds is 10.